The minimum absolute atomic E-state index is 0.184. The van der Waals surface area contributed by atoms with Gasteiger partial charge in [-0.2, -0.15) is 0 Å². The van der Waals surface area contributed by atoms with Crippen molar-refractivity contribution in [1.29, 1.82) is 0 Å². The molecule has 2 aliphatic rings. The fourth-order valence-corrected chi connectivity index (χ4v) is 3.26. The van der Waals surface area contributed by atoms with E-state index in [-0.39, 0.29) is 12.1 Å². The van der Waals surface area contributed by atoms with E-state index in [9.17, 15) is 0 Å². The van der Waals surface area contributed by atoms with Crippen molar-refractivity contribution in [2.24, 2.45) is 0 Å². The number of piperazine rings is 1. The molecule has 0 saturated carbocycles. The molecule has 1 aromatic heterocycles. The zero-order valence-corrected chi connectivity index (χ0v) is 11.1. The highest BCUT2D eigenvalue weighted by atomic mass is 16.5. The van der Waals surface area contributed by atoms with Gasteiger partial charge >= 0.3 is 0 Å². The third kappa shape index (κ3) is 2.28. The Morgan fingerprint density at radius 3 is 3.47 bits per heavy atom. The largest absolute Gasteiger partial charge is 0.493 e. The highest BCUT2D eigenvalue weighted by Gasteiger charge is 2.45. The molecule has 0 radical (unpaired) electrons. The third-order valence-corrected chi connectivity index (χ3v) is 4.09. The summed E-state index contributed by atoms with van der Waals surface area (Å²) in [6.45, 7) is 1.75. The Morgan fingerprint density at radius 2 is 2.63 bits per heavy atom. The van der Waals surface area contributed by atoms with E-state index in [2.05, 4.69) is 15.2 Å². The lowest BCUT2D eigenvalue weighted by atomic mass is 9.98. The molecule has 2 unspecified atom stereocenters. The normalized spacial score (nSPS) is 32.6. The van der Waals surface area contributed by atoms with Crippen LogP contribution in [-0.4, -0.2) is 50.4 Å². The summed E-state index contributed by atoms with van der Waals surface area (Å²) in [6.07, 6.45) is 5.38. The fraction of sp³-hybridized carbons (Fsp3) is 0.643. The van der Waals surface area contributed by atoms with Crippen LogP contribution in [0.4, 0.5) is 5.69 Å². The lowest BCUT2D eigenvalue weighted by Gasteiger charge is -2.42. The van der Waals surface area contributed by atoms with Crippen molar-refractivity contribution in [3.8, 4) is 5.75 Å². The lowest BCUT2D eigenvalue weighted by molar-refractivity contribution is 0.114. The maximum absolute atomic E-state index is 7.25. The number of hydrogen-bond acceptors (Lipinski definition) is 5. The SMILES string of the molecule is [2H]C([2H])([2H])OCC12CCC(CN(c3ccncc3OC)C1)N2. The van der Waals surface area contributed by atoms with Gasteiger partial charge in [0.2, 0.25) is 0 Å². The predicted octanol–water partition coefficient (Wildman–Crippen LogP) is 1.05. The molecule has 1 N–H and O–H groups in total. The second-order valence-corrected chi connectivity index (χ2v) is 5.38. The van der Waals surface area contributed by atoms with Crippen LogP contribution in [0.1, 0.15) is 17.0 Å². The van der Waals surface area contributed by atoms with E-state index < -0.39 is 7.04 Å². The Labute approximate surface area is 118 Å². The predicted molar refractivity (Wildman–Crippen MR) is 73.8 cm³/mol. The van der Waals surface area contributed by atoms with Gasteiger partial charge in [-0.15, -0.1) is 0 Å². The molecule has 5 heteroatoms. The van der Waals surface area contributed by atoms with Crippen LogP contribution in [0.2, 0.25) is 0 Å². The van der Waals surface area contributed by atoms with Gasteiger partial charge in [0.1, 0.15) is 0 Å². The Morgan fingerprint density at radius 1 is 1.68 bits per heavy atom. The molecule has 3 rings (SSSR count). The number of nitrogens with one attached hydrogen (secondary N) is 1. The van der Waals surface area contributed by atoms with Crippen LogP contribution >= 0.6 is 0 Å². The minimum atomic E-state index is -2.36. The van der Waals surface area contributed by atoms with Crippen LogP contribution in [0.15, 0.2) is 18.5 Å². The topological polar surface area (TPSA) is 46.6 Å². The van der Waals surface area contributed by atoms with E-state index in [1.807, 2.05) is 6.07 Å². The van der Waals surface area contributed by atoms with Gasteiger partial charge < -0.3 is 19.7 Å². The average Bonchev–Trinajstić information content (AvgIpc) is 2.80. The maximum Gasteiger partial charge on any atom is 0.160 e. The standard InChI is InChI=1S/C14H21N3O2/c1-18-10-14-5-3-11(16-14)8-17(9-14)12-4-6-15-7-13(12)19-2/h4,6-7,11,16H,3,5,8-10H2,1-2H3/i1D3. The van der Waals surface area contributed by atoms with Crippen molar-refractivity contribution in [3.05, 3.63) is 18.5 Å². The second kappa shape index (κ2) is 4.98. The summed E-state index contributed by atoms with van der Waals surface area (Å²) >= 11 is 0. The first kappa shape index (κ1) is 9.55. The highest BCUT2D eigenvalue weighted by molar-refractivity contribution is 5.58. The third-order valence-electron chi connectivity index (χ3n) is 4.09. The second-order valence-electron chi connectivity index (χ2n) is 5.38. The van der Waals surface area contributed by atoms with E-state index >= 15 is 0 Å². The van der Waals surface area contributed by atoms with Crippen LogP contribution in [0.5, 0.6) is 5.75 Å². The minimum Gasteiger partial charge on any atom is -0.493 e. The lowest BCUT2D eigenvalue weighted by Crippen LogP contribution is -2.61. The van der Waals surface area contributed by atoms with Gasteiger partial charge in [0, 0.05) is 32.4 Å². The molecule has 0 amide bonds. The summed E-state index contributed by atoms with van der Waals surface area (Å²) in [5.74, 6) is 0.732. The fourth-order valence-electron chi connectivity index (χ4n) is 3.26. The summed E-state index contributed by atoms with van der Waals surface area (Å²) in [5, 5.41) is 3.54. The number of hydrogen-bond donors (Lipinski definition) is 1. The first-order valence-electron chi connectivity index (χ1n) is 8.05. The number of pyridine rings is 1. The molecule has 0 aliphatic carbocycles. The highest BCUT2D eigenvalue weighted by Crippen LogP contribution is 2.35. The molecule has 2 fully saturated rings. The number of ether oxygens (including phenoxy) is 2. The zero-order chi connectivity index (χ0) is 15.8. The Hall–Kier alpha value is -1.33. The molecule has 5 nitrogen and oxygen atoms in total. The summed E-state index contributed by atoms with van der Waals surface area (Å²) in [4.78, 5) is 6.32. The quantitative estimate of drug-likeness (QED) is 0.882. The number of rotatable bonds is 4. The van der Waals surface area contributed by atoms with Crippen molar-refractivity contribution in [3.63, 3.8) is 0 Å². The Bertz CT molecular complexity index is 540. The number of nitrogens with zero attached hydrogens (tertiary/aromatic N) is 2. The molecule has 19 heavy (non-hydrogen) atoms. The zero-order valence-electron chi connectivity index (χ0n) is 14.1. The van der Waals surface area contributed by atoms with Crippen LogP contribution in [-0.2, 0) is 4.74 Å². The van der Waals surface area contributed by atoms with E-state index in [4.69, 9.17) is 13.6 Å². The Kier molecular flexibility index (Phi) is 2.50. The van der Waals surface area contributed by atoms with Crippen molar-refractivity contribution in [1.82, 2.24) is 10.3 Å². The molecule has 104 valence electrons. The van der Waals surface area contributed by atoms with Gasteiger partial charge in [0.05, 0.1) is 35.3 Å². The van der Waals surface area contributed by atoms with Gasteiger partial charge in [-0.05, 0) is 18.9 Å². The van der Waals surface area contributed by atoms with E-state index in [1.54, 1.807) is 19.5 Å². The number of aromatic nitrogens is 1. The molecule has 0 aromatic carbocycles. The van der Waals surface area contributed by atoms with Crippen LogP contribution in [0.3, 0.4) is 0 Å². The average molecular weight is 266 g/mol. The molecular weight excluding hydrogens is 242 g/mol. The number of methoxy groups -OCH3 is 2. The van der Waals surface area contributed by atoms with Crippen molar-refractivity contribution in [2.75, 3.05) is 38.7 Å². The van der Waals surface area contributed by atoms with Gasteiger partial charge in [0.15, 0.2) is 5.75 Å². The van der Waals surface area contributed by atoms with Crippen LogP contribution < -0.4 is 15.0 Å². The molecule has 0 spiro atoms. The summed E-state index contributed by atoms with van der Waals surface area (Å²) in [7, 11) is -0.726. The van der Waals surface area contributed by atoms with E-state index in [0.29, 0.717) is 12.6 Å². The summed E-state index contributed by atoms with van der Waals surface area (Å²) in [5.41, 5.74) is 0.676. The van der Waals surface area contributed by atoms with Gasteiger partial charge in [-0.1, -0.05) is 0 Å². The molecule has 2 aliphatic heterocycles. The molecule has 2 atom stereocenters. The van der Waals surface area contributed by atoms with Gasteiger partial charge in [-0.25, -0.2) is 0 Å². The van der Waals surface area contributed by atoms with E-state index in [1.165, 1.54) is 0 Å². The molecule has 2 bridgehead atoms. The van der Waals surface area contributed by atoms with Crippen molar-refractivity contribution in [2.45, 2.75) is 24.4 Å². The van der Waals surface area contributed by atoms with Crippen molar-refractivity contribution >= 4 is 5.69 Å². The van der Waals surface area contributed by atoms with Crippen LogP contribution in [0.25, 0.3) is 0 Å². The number of fused-ring (bicyclic) bond motifs is 2. The molecule has 3 heterocycles. The Balaban J connectivity index is 1.78. The smallest absolute Gasteiger partial charge is 0.160 e. The first-order valence-corrected chi connectivity index (χ1v) is 6.55. The molecular formula is C14H21N3O2. The summed E-state index contributed by atoms with van der Waals surface area (Å²) in [6, 6.07) is 2.27. The molecule has 1 aromatic rings. The van der Waals surface area contributed by atoms with Crippen LogP contribution in [0, 0.1) is 0 Å². The first-order chi connectivity index (χ1) is 10.4. The molecule has 2 saturated heterocycles. The summed E-state index contributed by atoms with van der Waals surface area (Å²) < 4.78 is 32.2. The van der Waals surface area contributed by atoms with Gasteiger partial charge in [-0.3, -0.25) is 4.98 Å². The van der Waals surface area contributed by atoms with Crippen molar-refractivity contribution < 1.29 is 13.6 Å². The van der Waals surface area contributed by atoms with Gasteiger partial charge in [0.25, 0.3) is 0 Å². The van der Waals surface area contributed by atoms with E-state index in [0.717, 1.165) is 30.8 Å². The number of anilines is 1. The maximum atomic E-state index is 7.25. The monoisotopic (exact) mass is 266 g/mol.